The predicted molar refractivity (Wildman–Crippen MR) is 135 cm³/mol. The number of aromatic hydroxyl groups is 1. The lowest BCUT2D eigenvalue weighted by Gasteiger charge is -2.24. The second-order valence-electron chi connectivity index (χ2n) is 8.76. The molecule has 2 unspecified atom stereocenters. The highest BCUT2D eigenvalue weighted by Gasteiger charge is 2.28. The topological polar surface area (TPSA) is 154 Å². The predicted octanol–water partition coefficient (Wildman–Crippen LogP) is 1.93. The largest absolute Gasteiger partial charge is 0.508 e. The molecular formula is C24H26N6O5S. The number of sulfonamides is 1. The Morgan fingerprint density at radius 3 is 2.69 bits per heavy atom. The second-order valence-corrected chi connectivity index (χ2v) is 10.7. The monoisotopic (exact) mass is 510 g/mol. The number of benzene rings is 2. The number of hydrogen-bond donors (Lipinski definition) is 4. The zero-order chi connectivity index (χ0) is 25.4. The standard InChI is InChI=1S/C24H26N6O5S/c1-36(34,35)29(13-18(32)14-31)17-7-5-16(6-8-17)27-24-25-11-15-12-26-30(23(15)28-24)21-10-9-20-19(21)3-2-4-22(20)33/h2-8,11-12,18,21,31-33H,9-10,13-14H2,1H3,(H,25,27,28). The number of aliphatic hydroxyl groups excluding tert-OH is 2. The molecule has 0 bridgehead atoms. The lowest BCUT2D eigenvalue weighted by atomic mass is 10.1. The van der Waals surface area contributed by atoms with Gasteiger partial charge in [-0.3, -0.25) is 4.31 Å². The summed E-state index contributed by atoms with van der Waals surface area (Å²) in [5.41, 5.74) is 3.62. The molecular weight excluding hydrogens is 484 g/mol. The molecule has 0 spiro atoms. The maximum atomic E-state index is 12.2. The van der Waals surface area contributed by atoms with Crippen molar-refractivity contribution in [3.63, 3.8) is 0 Å². The van der Waals surface area contributed by atoms with Gasteiger partial charge in [-0.25, -0.2) is 18.1 Å². The van der Waals surface area contributed by atoms with E-state index in [0.717, 1.165) is 39.9 Å². The Balaban J connectivity index is 1.40. The van der Waals surface area contributed by atoms with Crippen molar-refractivity contribution in [3.8, 4) is 5.75 Å². The van der Waals surface area contributed by atoms with Crippen LogP contribution >= 0.6 is 0 Å². The number of nitrogens with one attached hydrogen (secondary N) is 1. The minimum absolute atomic E-state index is 0.0390. The molecule has 1 aliphatic rings. The van der Waals surface area contributed by atoms with Crippen LogP contribution in [0, 0.1) is 0 Å². The average molecular weight is 511 g/mol. The summed E-state index contributed by atoms with van der Waals surface area (Å²) in [5.74, 6) is 0.647. The van der Waals surface area contributed by atoms with Gasteiger partial charge in [0.1, 0.15) is 5.75 Å². The summed E-state index contributed by atoms with van der Waals surface area (Å²) < 4.78 is 27.2. The van der Waals surface area contributed by atoms with Crippen LogP contribution < -0.4 is 9.62 Å². The molecule has 2 atom stereocenters. The molecule has 0 saturated carbocycles. The molecule has 0 saturated heterocycles. The summed E-state index contributed by atoms with van der Waals surface area (Å²) in [7, 11) is -3.66. The highest BCUT2D eigenvalue weighted by molar-refractivity contribution is 7.92. The van der Waals surface area contributed by atoms with Crippen LogP contribution in [0.1, 0.15) is 23.6 Å². The number of aromatic nitrogens is 4. The SMILES string of the molecule is CS(=O)(=O)N(CC(O)CO)c1ccc(Nc2ncc3cnn(C4CCc5c(O)cccc54)c3n2)cc1. The van der Waals surface area contributed by atoms with Gasteiger partial charge in [-0.2, -0.15) is 10.1 Å². The first kappa shape index (κ1) is 24.0. The molecule has 36 heavy (non-hydrogen) atoms. The normalized spacial score (nSPS) is 16.1. The van der Waals surface area contributed by atoms with Crippen molar-refractivity contribution in [1.29, 1.82) is 0 Å². The van der Waals surface area contributed by atoms with Gasteiger partial charge in [0.2, 0.25) is 16.0 Å². The first-order valence-corrected chi connectivity index (χ1v) is 13.2. The smallest absolute Gasteiger partial charge is 0.232 e. The molecule has 0 aliphatic heterocycles. The van der Waals surface area contributed by atoms with Gasteiger partial charge in [0.15, 0.2) is 5.65 Å². The molecule has 1 aliphatic carbocycles. The fourth-order valence-electron chi connectivity index (χ4n) is 4.51. The Hall–Kier alpha value is -3.74. The minimum Gasteiger partial charge on any atom is -0.508 e. The Labute approximate surface area is 207 Å². The summed E-state index contributed by atoms with van der Waals surface area (Å²) in [5, 5.41) is 37.5. The van der Waals surface area contributed by atoms with Crippen LogP contribution in [-0.4, -0.2) is 69.0 Å². The first-order chi connectivity index (χ1) is 17.2. The number of phenolic OH excluding ortho intramolecular Hbond substituents is 1. The quantitative estimate of drug-likeness (QED) is 0.278. The van der Waals surface area contributed by atoms with Crippen LogP contribution in [0.25, 0.3) is 11.0 Å². The van der Waals surface area contributed by atoms with E-state index in [1.54, 1.807) is 42.7 Å². The minimum atomic E-state index is -3.66. The van der Waals surface area contributed by atoms with Crippen LogP contribution in [-0.2, 0) is 16.4 Å². The molecule has 0 amide bonds. The molecule has 11 nitrogen and oxygen atoms in total. The summed E-state index contributed by atoms with van der Waals surface area (Å²) in [6.45, 7) is -0.802. The van der Waals surface area contributed by atoms with Gasteiger partial charge in [0.25, 0.3) is 0 Å². The molecule has 188 valence electrons. The molecule has 2 aromatic carbocycles. The van der Waals surface area contributed by atoms with E-state index < -0.39 is 22.7 Å². The van der Waals surface area contributed by atoms with Crippen molar-refractivity contribution in [2.45, 2.75) is 25.0 Å². The highest BCUT2D eigenvalue weighted by atomic mass is 32.2. The first-order valence-electron chi connectivity index (χ1n) is 11.4. The van der Waals surface area contributed by atoms with E-state index in [1.807, 2.05) is 16.8 Å². The van der Waals surface area contributed by atoms with E-state index in [-0.39, 0.29) is 12.6 Å². The second kappa shape index (κ2) is 9.37. The fraction of sp³-hybridized carbons (Fsp3) is 0.292. The van der Waals surface area contributed by atoms with Gasteiger partial charge >= 0.3 is 0 Å². The van der Waals surface area contributed by atoms with E-state index in [9.17, 15) is 18.6 Å². The molecule has 12 heteroatoms. The van der Waals surface area contributed by atoms with Crippen LogP contribution in [0.4, 0.5) is 17.3 Å². The highest BCUT2D eigenvalue weighted by Crippen LogP contribution is 2.39. The lowest BCUT2D eigenvalue weighted by Crippen LogP contribution is -2.38. The third kappa shape index (κ3) is 4.57. The van der Waals surface area contributed by atoms with Crippen LogP contribution in [0.15, 0.2) is 54.9 Å². The van der Waals surface area contributed by atoms with Gasteiger partial charge in [-0.05, 0) is 54.3 Å². The van der Waals surface area contributed by atoms with Crippen molar-refractivity contribution < 1.29 is 23.7 Å². The number of anilines is 3. The van der Waals surface area contributed by atoms with Crippen LogP contribution in [0.2, 0.25) is 0 Å². The number of aliphatic hydroxyl groups is 2. The zero-order valence-corrected chi connectivity index (χ0v) is 20.3. The summed E-state index contributed by atoms with van der Waals surface area (Å²) in [6.07, 6.45) is 4.81. The van der Waals surface area contributed by atoms with Gasteiger partial charge in [-0.1, -0.05) is 12.1 Å². The van der Waals surface area contributed by atoms with Crippen molar-refractivity contribution >= 4 is 38.4 Å². The molecule has 5 rings (SSSR count). The summed E-state index contributed by atoms with van der Waals surface area (Å²) in [6, 6.07) is 12.0. The number of nitrogens with zero attached hydrogens (tertiary/aromatic N) is 5. The van der Waals surface area contributed by atoms with Crippen molar-refractivity contribution in [1.82, 2.24) is 19.7 Å². The van der Waals surface area contributed by atoms with Gasteiger partial charge in [-0.15, -0.1) is 0 Å². The summed E-state index contributed by atoms with van der Waals surface area (Å²) >= 11 is 0. The molecule has 0 radical (unpaired) electrons. The Morgan fingerprint density at radius 2 is 1.97 bits per heavy atom. The molecule has 4 N–H and O–H groups in total. The molecule has 0 fully saturated rings. The number of fused-ring (bicyclic) bond motifs is 2. The van der Waals surface area contributed by atoms with E-state index in [0.29, 0.717) is 28.7 Å². The maximum Gasteiger partial charge on any atom is 0.232 e. The van der Waals surface area contributed by atoms with E-state index >= 15 is 0 Å². The third-order valence-corrected chi connectivity index (χ3v) is 7.40. The zero-order valence-electron chi connectivity index (χ0n) is 19.5. The van der Waals surface area contributed by atoms with Crippen molar-refractivity contribution in [2.75, 3.05) is 29.0 Å². The molecule has 4 aromatic rings. The van der Waals surface area contributed by atoms with Gasteiger partial charge in [0.05, 0.1) is 48.8 Å². The van der Waals surface area contributed by atoms with Crippen LogP contribution in [0.5, 0.6) is 5.75 Å². The van der Waals surface area contributed by atoms with E-state index in [2.05, 4.69) is 20.4 Å². The molecule has 2 heterocycles. The maximum absolute atomic E-state index is 12.2. The number of hydrogen-bond acceptors (Lipinski definition) is 9. The van der Waals surface area contributed by atoms with E-state index in [1.165, 1.54) is 0 Å². The average Bonchev–Trinajstić information content (AvgIpc) is 3.47. The Kier molecular flexibility index (Phi) is 6.24. The van der Waals surface area contributed by atoms with Crippen molar-refractivity contribution in [2.24, 2.45) is 0 Å². The summed E-state index contributed by atoms with van der Waals surface area (Å²) in [4.78, 5) is 9.03. The fourth-order valence-corrected chi connectivity index (χ4v) is 5.46. The number of rotatable bonds is 8. The Bertz CT molecular complexity index is 1510. The third-order valence-electron chi connectivity index (χ3n) is 6.24. The van der Waals surface area contributed by atoms with Crippen molar-refractivity contribution in [3.05, 3.63) is 66.0 Å². The van der Waals surface area contributed by atoms with Crippen LogP contribution in [0.3, 0.4) is 0 Å². The van der Waals surface area contributed by atoms with Gasteiger partial charge in [0, 0.05) is 11.9 Å². The van der Waals surface area contributed by atoms with E-state index in [4.69, 9.17) is 5.11 Å². The van der Waals surface area contributed by atoms with Gasteiger partial charge < -0.3 is 20.6 Å². The molecule has 2 aromatic heterocycles. The number of phenols is 1. The lowest BCUT2D eigenvalue weighted by molar-refractivity contribution is 0.102. The Morgan fingerprint density at radius 1 is 1.19 bits per heavy atom.